The van der Waals surface area contributed by atoms with Gasteiger partial charge in [-0.25, -0.2) is 10.2 Å². The maximum Gasteiger partial charge on any atom is 0.353 e. The number of benzene rings is 2. The van der Waals surface area contributed by atoms with E-state index in [0.29, 0.717) is 27.5 Å². The molecule has 3 aromatic rings. The Bertz CT molecular complexity index is 953. The topological polar surface area (TPSA) is 77.0 Å². The van der Waals surface area contributed by atoms with Crippen molar-refractivity contribution in [2.45, 2.75) is 0 Å². The van der Waals surface area contributed by atoms with Crippen molar-refractivity contribution < 1.29 is 19.1 Å². The predicted molar refractivity (Wildman–Crippen MR) is 104 cm³/mol. The van der Waals surface area contributed by atoms with Crippen LogP contribution in [0.3, 0.4) is 0 Å². The van der Waals surface area contributed by atoms with Crippen molar-refractivity contribution in [1.29, 1.82) is 0 Å². The number of nitrogens with zero attached hydrogens (tertiary/aromatic N) is 1. The van der Waals surface area contributed by atoms with E-state index in [1.165, 1.54) is 24.7 Å². The van der Waals surface area contributed by atoms with Crippen LogP contribution in [0.15, 0.2) is 71.1 Å². The van der Waals surface area contributed by atoms with E-state index in [0.717, 1.165) is 0 Å². The Kier molecular flexibility index (Phi) is 5.96. The summed E-state index contributed by atoms with van der Waals surface area (Å²) in [5.74, 6) is -0.0558. The van der Waals surface area contributed by atoms with Crippen LogP contribution in [-0.2, 0) is 0 Å². The smallest absolute Gasteiger partial charge is 0.353 e. The highest BCUT2D eigenvalue weighted by Gasteiger charge is 2.13. The van der Waals surface area contributed by atoms with Crippen molar-refractivity contribution in [3.8, 4) is 11.5 Å². The number of hydrogen-bond acceptors (Lipinski definition) is 6. The lowest BCUT2D eigenvalue weighted by Crippen LogP contribution is -2.17. The molecule has 0 saturated heterocycles. The SMILES string of the molecule is COc1cc(/C=N\NC(=O)c2ccccc2)ccc1OC(=O)c1cccs1. The third kappa shape index (κ3) is 4.80. The van der Waals surface area contributed by atoms with Crippen LogP contribution < -0.4 is 14.9 Å². The Morgan fingerprint density at radius 3 is 2.56 bits per heavy atom. The van der Waals surface area contributed by atoms with Crippen LogP contribution >= 0.6 is 11.3 Å². The fourth-order valence-electron chi connectivity index (χ4n) is 2.21. The van der Waals surface area contributed by atoms with Gasteiger partial charge in [0.2, 0.25) is 0 Å². The summed E-state index contributed by atoms with van der Waals surface area (Å²) < 4.78 is 10.6. The number of amides is 1. The van der Waals surface area contributed by atoms with Crippen molar-refractivity contribution in [2.24, 2.45) is 5.10 Å². The molecular formula is C20H16N2O4S. The Labute approximate surface area is 160 Å². The molecule has 1 aromatic heterocycles. The number of hydrogen-bond donors (Lipinski definition) is 1. The van der Waals surface area contributed by atoms with Gasteiger partial charge in [-0.05, 0) is 47.3 Å². The van der Waals surface area contributed by atoms with Gasteiger partial charge in [0.05, 0.1) is 13.3 Å². The second-order valence-electron chi connectivity index (χ2n) is 5.34. The van der Waals surface area contributed by atoms with E-state index < -0.39 is 5.97 Å². The van der Waals surface area contributed by atoms with Gasteiger partial charge in [0.15, 0.2) is 11.5 Å². The average Bonchev–Trinajstić information content (AvgIpc) is 3.24. The number of carbonyl (C=O) groups excluding carboxylic acids is 2. The average molecular weight is 380 g/mol. The van der Waals surface area contributed by atoms with E-state index in [9.17, 15) is 9.59 Å². The van der Waals surface area contributed by atoms with E-state index in [4.69, 9.17) is 9.47 Å². The summed E-state index contributed by atoms with van der Waals surface area (Å²) >= 11 is 1.30. The normalized spacial score (nSPS) is 10.6. The maximum atomic E-state index is 12.1. The van der Waals surface area contributed by atoms with Gasteiger partial charge in [0.1, 0.15) is 4.88 Å². The predicted octanol–water partition coefficient (Wildman–Crippen LogP) is 3.74. The van der Waals surface area contributed by atoms with Crippen molar-refractivity contribution >= 4 is 29.4 Å². The van der Waals surface area contributed by atoms with Crippen molar-refractivity contribution in [1.82, 2.24) is 5.43 Å². The Balaban J connectivity index is 1.66. The molecule has 7 heteroatoms. The summed E-state index contributed by atoms with van der Waals surface area (Å²) in [6.07, 6.45) is 1.48. The molecule has 3 rings (SSSR count). The second kappa shape index (κ2) is 8.77. The minimum Gasteiger partial charge on any atom is -0.493 e. The van der Waals surface area contributed by atoms with E-state index in [1.807, 2.05) is 6.07 Å². The van der Waals surface area contributed by atoms with Crippen molar-refractivity contribution in [3.63, 3.8) is 0 Å². The van der Waals surface area contributed by atoms with Gasteiger partial charge in [0.25, 0.3) is 5.91 Å². The number of nitrogens with one attached hydrogen (secondary N) is 1. The molecule has 6 nitrogen and oxygen atoms in total. The minimum atomic E-state index is -0.445. The molecule has 136 valence electrons. The summed E-state index contributed by atoms with van der Waals surface area (Å²) in [6, 6.07) is 17.2. The summed E-state index contributed by atoms with van der Waals surface area (Å²) in [7, 11) is 1.48. The monoisotopic (exact) mass is 380 g/mol. The number of esters is 1. The molecule has 1 amide bonds. The third-order valence-electron chi connectivity index (χ3n) is 3.53. The Morgan fingerprint density at radius 2 is 1.85 bits per heavy atom. The molecule has 2 aromatic carbocycles. The molecule has 0 aliphatic heterocycles. The largest absolute Gasteiger partial charge is 0.493 e. The van der Waals surface area contributed by atoms with E-state index >= 15 is 0 Å². The lowest BCUT2D eigenvalue weighted by atomic mass is 10.2. The van der Waals surface area contributed by atoms with Gasteiger partial charge in [-0.1, -0.05) is 24.3 Å². The molecule has 0 unspecified atom stereocenters. The maximum absolute atomic E-state index is 12.1. The van der Waals surface area contributed by atoms with Crippen molar-refractivity contribution in [2.75, 3.05) is 7.11 Å². The molecule has 0 fully saturated rings. The number of hydrazone groups is 1. The van der Waals surface area contributed by atoms with Crippen LogP contribution in [0.2, 0.25) is 0 Å². The highest BCUT2D eigenvalue weighted by molar-refractivity contribution is 7.12. The van der Waals surface area contributed by atoms with Gasteiger partial charge in [-0.15, -0.1) is 11.3 Å². The van der Waals surface area contributed by atoms with E-state index in [-0.39, 0.29) is 5.91 Å². The van der Waals surface area contributed by atoms with E-state index in [2.05, 4.69) is 10.5 Å². The lowest BCUT2D eigenvalue weighted by molar-refractivity contribution is 0.0734. The molecule has 1 heterocycles. The van der Waals surface area contributed by atoms with Crippen LogP contribution in [0.5, 0.6) is 11.5 Å². The van der Waals surface area contributed by atoms with Crippen LogP contribution in [0, 0.1) is 0 Å². The Hall–Kier alpha value is -3.45. The fraction of sp³-hybridized carbons (Fsp3) is 0.0500. The molecule has 1 N–H and O–H groups in total. The highest BCUT2D eigenvalue weighted by Crippen LogP contribution is 2.28. The second-order valence-corrected chi connectivity index (χ2v) is 6.29. The van der Waals surface area contributed by atoms with Gasteiger partial charge in [0, 0.05) is 5.56 Å². The van der Waals surface area contributed by atoms with Crippen LogP contribution in [0.25, 0.3) is 0 Å². The number of carbonyl (C=O) groups is 2. The standard InChI is InChI=1S/C20H16N2O4S/c1-25-17-12-14(13-21-22-19(23)15-6-3-2-4-7-15)9-10-16(17)26-20(24)18-8-5-11-27-18/h2-13H,1H3,(H,22,23)/b21-13-. The zero-order valence-corrected chi connectivity index (χ0v) is 15.2. The number of ether oxygens (including phenoxy) is 2. The molecule has 0 bridgehead atoms. The molecule has 0 atom stereocenters. The summed E-state index contributed by atoms with van der Waals surface area (Å²) in [5.41, 5.74) is 3.65. The Morgan fingerprint density at radius 1 is 1.04 bits per heavy atom. The first-order chi connectivity index (χ1) is 13.2. The van der Waals surface area contributed by atoms with Gasteiger partial charge < -0.3 is 9.47 Å². The highest BCUT2D eigenvalue weighted by atomic mass is 32.1. The molecule has 0 spiro atoms. The van der Waals surface area contributed by atoms with Crippen LogP contribution in [-0.4, -0.2) is 25.2 Å². The number of methoxy groups -OCH3 is 1. The quantitative estimate of drug-likeness (QED) is 0.306. The zero-order valence-electron chi connectivity index (χ0n) is 14.4. The molecule has 27 heavy (non-hydrogen) atoms. The van der Waals surface area contributed by atoms with Crippen LogP contribution in [0.4, 0.5) is 0 Å². The number of thiophene rings is 1. The van der Waals surface area contributed by atoms with Gasteiger partial charge >= 0.3 is 5.97 Å². The summed E-state index contributed by atoms with van der Waals surface area (Å²) in [4.78, 5) is 24.5. The number of rotatable bonds is 6. The van der Waals surface area contributed by atoms with Gasteiger partial charge in [-0.2, -0.15) is 5.10 Å². The third-order valence-corrected chi connectivity index (χ3v) is 4.38. The first-order valence-electron chi connectivity index (χ1n) is 7.99. The molecule has 0 radical (unpaired) electrons. The molecule has 0 aliphatic carbocycles. The first kappa shape index (κ1) is 18.3. The molecular weight excluding hydrogens is 364 g/mol. The van der Waals surface area contributed by atoms with Crippen LogP contribution in [0.1, 0.15) is 25.6 Å². The summed E-state index contributed by atoms with van der Waals surface area (Å²) in [5, 5.41) is 5.74. The summed E-state index contributed by atoms with van der Waals surface area (Å²) in [6.45, 7) is 0. The molecule has 0 saturated carbocycles. The fourth-order valence-corrected chi connectivity index (χ4v) is 2.81. The van der Waals surface area contributed by atoms with Gasteiger partial charge in [-0.3, -0.25) is 4.79 Å². The minimum absolute atomic E-state index is 0.305. The van der Waals surface area contributed by atoms with Crippen molar-refractivity contribution in [3.05, 3.63) is 82.0 Å². The van der Waals surface area contributed by atoms with E-state index in [1.54, 1.807) is 60.0 Å². The lowest BCUT2D eigenvalue weighted by Gasteiger charge is -2.09. The first-order valence-corrected chi connectivity index (χ1v) is 8.87. The zero-order chi connectivity index (χ0) is 19.1. The molecule has 0 aliphatic rings.